The largest absolute Gasteiger partial charge is 0.354 e. The number of fused-ring (bicyclic) bond motifs is 1. The van der Waals surface area contributed by atoms with E-state index in [-0.39, 0.29) is 6.29 Å². The van der Waals surface area contributed by atoms with Crippen molar-refractivity contribution in [3.8, 4) is 11.1 Å². The predicted molar refractivity (Wildman–Crippen MR) is 118 cm³/mol. The number of rotatable bonds is 8. The molecule has 9 nitrogen and oxygen atoms in total. The highest BCUT2D eigenvalue weighted by molar-refractivity contribution is 5.81. The van der Waals surface area contributed by atoms with Gasteiger partial charge in [0.25, 0.3) is 0 Å². The van der Waals surface area contributed by atoms with Crippen molar-refractivity contribution in [3.63, 3.8) is 0 Å². The summed E-state index contributed by atoms with van der Waals surface area (Å²) in [5, 5.41) is 15.8. The molecule has 0 saturated heterocycles. The minimum Gasteiger partial charge on any atom is -0.354 e. The van der Waals surface area contributed by atoms with Crippen molar-refractivity contribution in [3.05, 3.63) is 54.6 Å². The molecule has 0 spiro atoms. The fourth-order valence-corrected chi connectivity index (χ4v) is 3.13. The molecule has 4 rings (SSSR count). The second-order valence-electron chi connectivity index (χ2n) is 7.46. The van der Waals surface area contributed by atoms with Crippen LogP contribution in [-0.4, -0.2) is 50.5 Å². The normalized spacial score (nSPS) is 11.5. The molecule has 4 aromatic heterocycles. The van der Waals surface area contributed by atoms with Gasteiger partial charge >= 0.3 is 0 Å². The number of hydrogen-bond acceptors (Lipinski definition) is 8. The summed E-state index contributed by atoms with van der Waals surface area (Å²) in [4.78, 5) is 9.25. The molecular weight excluding hydrogens is 394 g/mol. The van der Waals surface area contributed by atoms with Gasteiger partial charge in [0.2, 0.25) is 0 Å². The van der Waals surface area contributed by atoms with Crippen LogP contribution in [0.3, 0.4) is 0 Å². The lowest BCUT2D eigenvalue weighted by atomic mass is 10.1. The molecule has 0 saturated carbocycles. The van der Waals surface area contributed by atoms with E-state index in [1.54, 1.807) is 31.3 Å². The highest BCUT2D eigenvalue weighted by Gasteiger charge is 2.10. The summed E-state index contributed by atoms with van der Waals surface area (Å²) in [6.45, 7) is 4.74. The maximum atomic E-state index is 5.24. The van der Waals surface area contributed by atoms with Gasteiger partial charge in [-0.15, -0.1) is 5.10 Å². The molecule has 31 heavy (non-hydrogen) atoms. The van der Waals surface area contributed by atoms with Gasteiger partial charge in [-0.2, -0.15) is 10.2 Å². The molecule has 0 aromatic carbocycles. The third kappa shape index (κ3) is 4.84. The molecule has 4 heterocycles. The molecule has 1 N–H and O–H groups in total. The van der Waals surface area contributed by atoms with Crippen LogP contribution in [0.2, 0.25) is 0 Å². The molecule has 0 fully saturated rings. The quantitative estimate of drug-likeness (QED) is 0.431. The van der Waals surface area contributed by atoms with E-state index in [0.29, 0.717) is 24.1 Å². The lowest BCUT2D eigenvalue weighted by Crippen LogP contribution is -2.20. The second-order valence-corrected chi connectivity index (χ2v) is 7.46. The number of nitrogens with one attached hydrogen (secondary N) is 1. The lowest BCUT2D eigenvalue weighted by Gasteiger charge is -2.12. The van der Waals surface area contributed by atoms with Crippen LogP contribution in [-0.2, 0) is 16.0 Å². The van der Waals surface area contributed by atoms with E-state index in [2.05, 4.69) is 39.4 Å². The minimum absolute atomic E-state index is 0.352. The summed E-state index contributed by atoms with van der Waals surface area (Å²) in [6.07, 6.45) is 6.97. The Bertz CT molecular complexity index is 1170. The molecule has 0 bridgehead atoms. The maximum Gasteiger partial charge on any atom is 0.176 e. The van der Waals surface area contributed by atoms with E-state index >= 15 is 0 Å². The molecule has 0 atom stereocenters. The highest BCUT2D eigenvalue weighted by Crippen LogP contribution is 2.24. The average molecular weight is 419 g/mol. The molecular formula is C22H25N7O2. The van der Waals surface area contributed by atoms with Crippen LogP contribution in [0.4, 0.5) is 11.6 Å². The molecule has 0 amide bonds. The zero-order valence-corrected chi connectivity index (χ0v) is 18.0. The Labute approximate surface area is 180 Å². The highest BCUT2D eigenvalue weighted by atomic mass is 16.7. The minimum atomic E-state index is -0.352. The van der Waals surface area contributed by atoms with Crippen molar-refractivity contribution >= 4 is 22.7 Å². The average Bonchev–Trinajstić information content (AvgIpc) is 3.25. The fraction of sp³-hybridized carbons (Fsp3) is 0.318. The Morgan fingerprint density at radius 3 is 2.58 bits per heavy atom. The SMILES string of the molecule is COC(Cn1cc(-c2cnc3ccc(Nc4cc(C(C)C)cnn4)nc3c2)cn1)OC. The van der Waals surface area contributed by atoms with E-state index in [9.17, 15) is 0 Å². The van der Waals surface area contributed by atoms with Crippen molar-refractivity contribution in [2.45, 2.75) is 32.6 Å². The Kier molecular flexibility index (Phi) is 6.15. The molecule has 4 aromatic rings. The zero-order chi connectivity index (χ0) is 21.8. The number of ether oxygens (including phenoxy) is 2. The van der Waals surface area contributed by atoms with Crippen LogP contribution in [0.15, 0.2) is 49.1 Å². The van der Waals surface area contributed by atoms with Crippen molar-refractivity contribution in [1.29, 1.82) is 0 Å². The first-order valence-corrected chi connectivity index (χ1v) is 10.0. The molecule has 0 aliphatic carbocycles. The second kappa shape index (κ2) is 9.15. The van der Waals surface area contributed by atoms with Crippen LogP contribution < -0.4 is 5.32 Å². The maximum absolute atomic E-state index is 5.24. The number of hydrogen-bond donors (Lipinski definition) is 1. The standard InChI is InChI=1S/C22H25N7O2/c1-14(2)15-8-21(28-24-10-15)27-20-6-5-18-19(26-20)7-16(9-23-18)17-11-25-29(12-17)13-22(30-3)31-4/h5-12,14,22H,13H2,1-4H3,(H,26,27,28). The Morgan fingerprint density at radius 2 is 1.81 bits per heavy atom. The molecule has 0 aliphatic heterocycles. The molecule has 9 heteroatoms. The van der Waals surface area contributed by atoms with Crippen LogP contribution in [0.25, 0.3) is 22.2 Å². The van der Waals surface area contributed by atoms with Crippen LogP contribution in [0.1, 0.15) is 25.3 Å². The Balaban J connectivity index is 1.58. The third-order valence-corrected chi connectivity index (χ3v) is 4.96. The number of pyridine rings is 2. The number of aromatic nitrogens is 6. The van der Waals surface area contributed by atoms with E-state index < -0.39 is 0 Å². The van der Waals surface area contributed by atoms with Crippen LogP contribution >= 0.6 is 0 Å². The first-order chi connectivity index (χ1) is 15.1. The van der Waals surface area contributed by atoms with Gasteiger partial charge in [0.1, 0.15) is 5.82 Å². The van der Waals surface area contributed by atoms with Crippen molar-refractivity contribution < 1.29 is 9.47 Å². The topological polar surface area (TPSA) is 99.9 Å². The number of nitrogens with zero attached hydrogens (tertiary/aromatic N) is 6. The molecule has 160 valence electrons. The van der Waals surface area contributed by atoms with Gasteiger partial charge in [0, 0.05) is 37.7 Å². The molecule has 0 radical (unpaired) electrons. The first kappa shape index (κ1) is 20.8. The zero-order valence-electron chi connectivity index (χ0n) is 18.0. The summed E-state index contributed by atoms with van der Waals surface area (Å²) in [6, 6.07) is 7.79. The Hall–Kier alpha value is -3.43. The summed E-state index contributed by atoms with van der Waals surface area (Å²) < 4.78 is 12.3. The van der Waals surface area contributed by atoms with Gasteiger partial charge in [-0.3, -0.25) is 9.67 Å². The smallest absolute Gasteiger partial charge is 0.176 e. The predicted octanol–water partition coefficient (Wildman–Crippen LogP) is 3.77. The molecule has 0 aliphatic rings. The summed E-state index contributed by atoms with van der Waals surface area (Å²) in [5.74, 6) is 1.71. The molecule has 0 unspecified atom stereocenters. The van der Waals surface area contributed by atoms with Gasteiger partial charge in [-0.05, 0) is 35.7 Å². The summed E-state index contributed by atoms with van der Waals surface area (Å²) in [5.41, 5.74) is 4.56. The fourth-order valence-electron chi connectivity index (χ4n) is 3.13. The van der Waals surface area contributed by atoms with Crippen molar-refractivity contribution in [2.24, 2.45) is 0 Å². The van der Waals surface area contributed by atoms with E-state index in [1.807, 2.05) is 36.7 Å². The van der Waals surface area contributed by atoms with Crippen LogP contribution in [0.5, 0.6) is 0 Å². The van der Waals surface area contributed by atoms with E-state index in [1.165, 1.54) is 0 Å². The van der Waals surface area contributed by atoms with Gasteiger partial charge in [0.05, 0.1) is 30.0 Å². The van der Waals surface area contributed by atoms with Gasteiger partial charge in [0.15, 0.2) is 12.1 Å². The monoisotopic (exact) mass is 419 g/mol. The van der Waals surface area contributed by atoms with Crippen molar-refractivity contribution in [1.82, 2.24) is 29.9 Å². The van der Waals surface area contributed by atoms with Crippen molar-refractivity contribution in [2.75, 3.05) is 19.5 Å². The van der Waals surface area contributed by atoms with Gasteiger partial charge in [-0.1, -0.05) is 13.8 Å². The van der Waals surface area contributed by atoms with Gasteiger partial charge < -0.3 is 14.8 Å². The Morgan fingerprint density at radius 1 is 0.968 bits per heavy atom. The number of anilines is 2. The first-order valence-electron chi connectivity index (χ1n) is 10.0. The lowest BCUT2D eigenvalue weighted by molar-refractivity contribution is -0.112. The van der Waals surface area contributed by atoms with Gasteiger partial charge in [-0.25, -0.2) is 4.98 Å². The summed E-state index contributed by atoms with van der Waals surface area (Å²) in [7, 11) is 3.21. The summed E-state index contributed by atoms with van der Waals surface area (Å²) >= 11 is 0. The van der Waals surface area contributed by atoms with Crippen LogP contribution in [0, 0.1) is 0 Å². The van der Waals surface area contributed by atoms with E-state index in [0.717, 1.165) is 27.7 Å². The van der Waals surface area contributed by atoms with E-state index in [4.69, 9.17) is 14.5 Å². The third-order valence-electron chi connectivity index (χ3n) is 4.96. The number of methoxy groups -OCH3 is 2.